The lowest BCUT2D eigenvalue weighted by atomic mass is 9.96. The molecule has 0 radical (unpaired) electrons. The lowest BCUT2D eigenvalue weighted by Crippen LogP contribution is -2.49. The fourth-order valence-electron chi connectivity index (χ4n) is 5.16. The number of carbonyl (C=O) groups is 1. The Hall–Kier alpha value is -3.93. The first-order valence-corrected chi connectivity index (χ1v) is 13.8. The predicted molar refractivity (Wildman–Crippen MR) is 163 cm³/mol. The number of amides is 1. The third-order valence-corrected chi connectivity index (χ3v) is 6.98. The minimum Gasteiger partial charge on any atom is -0.497 e. The summed E-state index contributed by atoms with van der Waals surface area (Å²) < 4.78 is 5.30. The summed E-state index contributed by atoms with van der Waals surface area (Å²) in [6, 6.07) is 30.2. The van der Waals surface area contributed by atoms with Gasteiger partial charge in [0.25, 0.3) is 0 Å². The molecule has 0 aliphatic carbocycles. The van der Waals surface area contributed by atoms with Crippen LogP contribution in [0.3, 0.4) is 0 Å². The van der Waals surface area contributed by atoms with Crippen LogP contribution >= 0.6 is 0 Å². The zero-order valence-electron chi connectivity index (χ0n) is 23.9. The van der Waals surface area contributed by atoms with E-state index in [9.17, 15) is 9.90 Å². The lowest BCUT2D eigenvalue weighted by Gasteiger charge is -2.25. The van der Waals surface area contributed by atoms with Gasteiger partial charge >= 0.3 is 0 Å². The van der Waals surface area contributed by atoms with Crippen LogP contribution in [0.2, 0.25) is 0 Å². The van der Waals surface area contributed by atoms with Crippen LogP contribution in [-0.4, -0.2) is 36.8 Å². The average molecular weight is 537 g/mol. The number of hydrogen-bond donors (Lipinski definition) is 3. The van der Waals surface area contributed by atoms with Crippen molar-refractivity contribution in [1.82, 2.24) is 10.6 Å². The molecule has 2 atom stereocenters. The molecule has 0 aromatic heterocycles. The molecule has 0 spiro atoms. The summed E-state index contributed by atoms with van der Waals surface area (Å²) in [5, 5.41) is 17.6. The molecule has 0 saturated carbocycles. The van der Waals surface area contributed by atoms with E-state index in [4.69, 9.17) is 4.74 Å². The summed E-state index contributed by atoms with van der Waals surface area (Å²) >= 11 is 0. The molecule has 208 valence electrons. The number of benzene rings is 4. The van der Waals surface area contributed by atoms with Gasteiger partial charge in [-0.1, -0.05) is 95.6 Å². The first-order chi connectivity index (χ1) is 19.3. The van der Waals surface area contributed by atoms with E-state index in [-0.39, 0.29) is 12.3 Å². The second kappa shape index (κ2) is 13.9. The van der Waals surface area contributed by atoms with Gasteiger partial charge < -0.3 is 20.5 Å². The molecule has 1 amide bonds. The monoisotopic (exact) mass is 536 g/mol. The van der Waals surface area contributed by atoms with Crippen molar-refractivity contribution in [2.75, 3.05) is 13.7 Å². The third kappa shape index (κ3) is 8.54. The van der Waals surface area contributed by atoms with Crippen LogP contribution in [0.1, 0.15) is 33.4 Å². The molecule has 4 aromatic rings. The number of aryl methyl sites for hydroxylation is 3. The van der Waals surface area contributed by atoms with Crippen LogP contribution in [-0.2, 0) is 24.2 Å². The number of nitrogens with one attached hydrogen (secondary N) is 2. The molecule has 0 saturated heterocycles. The van der Waals surface area contributed by atoms with Crippen LogP contribution in [0.15, 0.2) is 91.0 Å². The molecule has 0 unspecified atom stereocenters. The van der Waals surface area contributed by atoms with Gasteiger partial charge in [0.15, 0.2) is 0 Å². The van der Waals surface area contributed by atoms with Crippen molar-refractivity contribution in [3.8, 4) is 16.9 Å². The predicted octanol–water partition coefficient (Wildman–Crippen LogP) is 5.71. The lowest BCUT2D eigenvalue weighted by molar-refractivity contribution is -0.122. The van der Waals surface area contributed by atoms with Crippen LogP contribution < -0.4 is 15.4 Å². The Balaban J connectivity index is 1.44. The van der Waals surface area contributed by atoms with E-state index in [1.165, 1.54) is 11.1 Å². The zero-order valence-corrected chi connectivity index (χ0v) is 23.9. The van der Waals surface area contributed by atoms with Gasteiger partial charge in [-0.3, -0.25) is 4.79 Å². The van der Waals surface area contributed by atoms with Gasteiger partial charge in [-0.2, -0.15) is 0 Å². The molecule has 5 nitrogen and oxygen atoms in total. The van der Waals surface area contributed by atoms with E-state index >= 15 is 0 Å². The number of ether oxygens (including phenoxy) is 1. The second-order valence-electron chi connectivity index (χ2n) is 10.7. The highest BCUT2D eigenvalue weighted by Crippen LogP contribution is 2.25. The molecule has 0 aliphatic heterocycles. The Labute approximate surface area is 238 Å². The van der Waals surface area contributed by atoms with E-state index < -0.39 is 12.1 Å². The van der Waals surface area contributed by atoms with Crippen LogP contribution in [0.5, 0.6) is 5.75 Å². The van der Waals surface area contributed by atoms with Gasteiger partial charge in [0.2, 0.25) is 5.91 Å². The molecule has 4 rings (SSSR count). The van der Waals surface area contributed by atoms with Crippen molar-refractivity contribution < 1.29 is 14.6 Å². The topological polar surface area (TPSA) is 70.6 Å². The van der Waals surface area contributed by atoms with Crippen molar-refractivity contribution in [3.63, 3.8) is 0 Å². The number of hydrogen-bond acceptors (Lipinski definition) is 4. The van der Waals surface area contributed by atoms with Crippen molar-refractivity contribution in [1.29, 1.82) is 0 Å². The Morgan fingerprint density at radius 1 is 0.775 bits per heavy atom. The molecule has 40 heavy (non-hydrogen) atoms. The molecule has 0 heterocycles. The van der Waals surface area contributed by atoms with Crippen molar-refractivity contribution in [2.45, 2.75) is 52.3 Å². The van der Waals surface area contributed by atoms with E-state index in [2.05, 4.69) is 67.8 Å². The second-order valence-corrected chi connectivity index (χ2v) is 10.7. The highest BCUT2D eigenvalue weighted by Gasteiger charge is 2.22. The Morgan fingerprint density at radius 2 is 1.43 bits per heavy atom. The summed E-state index contributed by atoms with van der Waals surface area (Å²) in [7, 11) is 1.65. The number of aliphatic hydroxyl groups excluding tert-OH is 1. The van der Waals surface area contributed by atoms with Crippen LogP contribution in [0, 0.1) is 20.8 Å². The SMILES string of the molecule is COc1cccc(CNC[C@@H](O)[C@H](Cc2ccccc2)NC(=O)Cc2cc(C)cc(-c3cc(C)cc(C)c3)c2)c1. The summed E-state index contributed by atoms with van der Waals surface area (Å²) in [5.41, 5.74) is 8.89. The van der Waals surface area contributed by atoms with Crippen molar-refractivity contribution >= 4 is 5.91 Å². The summed E-state index contributed by atoms with van der Waals surface area (Å²) in [4.78, 5) is 13.3. The minimum atomic E-state index is -0.766. The maximum atomic E-state index is 13.3. The van der Waals surface area contributed by atoms with E-state index in [1.54, 1.807) is 7.11 Å². The fourth-order valence-corrected chi connectivity index (χ4v) is 5.16. The molecule has 0 bridgehead atoms. The first kappa shape index (κ1) is 29.1. The number of methoxy groups -OCH3 is 1. The molecule has 4 aromatic carbocycles. The quantitative estimate of drug-likeness (QED) is 0.217. The summed E-state index contributed by atoms with van der Waals surface area (Å²) in [6.45, 7) is 7.19. The highest BCUT2D eigenvalue weighted by molar-refractivity contribution is 5.80. The standard InChI is InChI=1S/C35H40N2O3/c1-24-13-25(2)16-30(15-24)31-17-26(3)14-29(18-31)21-35(39)37-33(20-27-9-6-5-7-10-27)34(38)23-36-22-28-11-8-12-32(19-28)40-4/h5-19,33-34,36,38H,20-23H2,1-4H3,(H,37,39)/t33-,34+/m0/s1. The van der Waals surface area contributed by atoms with E-state index in [0.29, 0.717) is 19.5 Å². The molecule has 0 aliphatic rings. The van der Waals surface area contributed by atoms with Crippen molar-refractivity contribution in [3.05, 3.63) is 124 Å². The van der Waals surface area contributed by atoms with Gasteiger partial charge in [0, 0.05) is 13.1 Å². The van der Waals surface area contributed by atoms with Gasteiger partial charge in [-0.05, 0) is 67.1 Å². The third-order valence-electron chi connectivity index (χ3n) is 6.98. The van der Waals surface area contributed by atoms with Crippen LogP contribution in [0.4, 0.5) is 0 Å². The fraction of sp³-hybridized carbons (Fsp3) is 0.286. The van der Waals surface area contributed by atoms with E-state index in [0.717, 1.165) is 39.1 Å². The summed E-state index contributed by atoms with van der Waals surface area (Å²) in [6.07, 6.45) is 0.0170. The van der Waals surface area contributed by atoms with Gasteiger partial charge in [0.05, 0.1) is 25.7 Å². The largest absolute Gasteiger partial charge is 0.497 e. The Kier molecular flexibility index (Phi) is 10.1. The smallest absolute Gasteiger partial charge is 0.224 e. The van der Waals surface area contributed by atoms with Gasteiger partial charge in [0.1, 0.15) is 5.75 Å². The number of rotatable bonds is 12. The highest BCUT2D eigenvalue weighted by atomic mass is 16.5. The molecule has 5 heteroatoms. The zero-order chi connectivity index (χ0) is 28.5. The Bertz CT molecular complexity index is 1400. The molecular formula is C35H40N2O3. The average Bonchev–Trinajstić information content (AvgIpc) is 2.92. The van der Waals surface area contributed by atoms with Crippen LogP contribution in [0.25, 0.3) is 11.1 Å². The summed E-state index contributed by atoms with van der Waals surface area (Å²) in [5.74, 6) is 0.690. The maximum Gasteiger partial charge on any atom is 0.224 e. The normalized spacial score (nSPS) is 12.5. The maximum absolute atomic E-state index is 13.3. The number of carbonyl (C=O) groups excluding carboxylic acids is 1. The van der Waals surface area contributed by atoms with Crippen molar-refractivity contribution in [2.24, 2.45) is 0 Å². The van der Waals surface area contributed by atoms with Gasteiger partial charge in [-0.15, -0.1) is 0 Å². The molecular weight excluding hydrogens is 496 g/mol. The van der Waals surface area contributed by atoms with E-state index in [1.807, 2.05) is 54.6 Å². The first-order valence-electron chi connectivity index (χ1n) is 13.8. The molecule has 0 fully saturated rings. The molecule has 3 N–H and O–H groups in total. The Morgan fingerprint density at radius 3 is 2.12 bits per heavy atom. The van der Waals surface area contributed by atoms with Gasteiger partial charge in [-0.25, -0.2) is 0 Å². The minimum absolute atomic E-state index is 0.107. The number of aliphatic hydroxyl groups is 1.